The minimum absolute atomic E-state index is 0.170. The van der Waals surface area contributed by atoms with Crippen LogP contribution >= 0.6 is 11.3 Å². The fourth-order valence-electron chi connectivity index (χ4n) is 3.98. The molecule has 29 heavy (non-hydrogen) atoms. The molecular weight excluding hydrogens is 382 g/mol. The predicted molar refractivity (Wildman–Crippen MR) is 120 cm³/mol. The van der Waals surface area contributed by atoms with Crippen LogP contribution in [-0.2, 0) is 6.54 Å². The summed E-state index contributed by atoms with van der Waals surface area (Å²) in [4.78, 5) is 20.6. The fraction of sp³-hybridized carbons (Fsp3) is 0.522. The van der Waals surface area contributed by atoms with Crippen molar-refractivity contribution >= 4 is 17.2 Å². The molecule has 1 aromatic heterocycles. The number of carbonyl (C=O) groups excluding carboxylic acids is 1. The highest BCUT2D eigenvalue weighted by Gasteiger charge is 2.25. The van der Waals surface area contributed by atoms with Crippen molar-refractivity contribution in [3.05, 3.63) is 52.2 Å². The van der Waals surface area contributed by atoms with Crippen LogP contribution in [0.3, 0.4) is 0 Å². The molecule has 6 heteroatoms. The molecule has 0 aliphatic carbocycles. The maximum absolute atomic E-state index is 13.0. The van der Waals surface area contributed by atoms with E-state index in [1.54, 1.807) is 7.11 Å². The van der Waals surface area contributed by atoms with Gasteiger partial charge in [0.25, 0.3) is 5.91 Å². The van der Waals surface area contributed by atoms with E-state index in [4.69, 9.17) is 4.74 Å². The number of hydrogen-bond acceptors (Lipinski definition) is 5. The van der Waals surface area contributed by atoms with Crippen LogP contribution in [0.2, 0.25) is 0 Å². The second kappa shape index (κ2) is 10.8. The molecule has 1 amide bonds. The van der Waals surface area contributed by atoms with Crippen molar-refractivity contribution in [2.24, 2.45) is 5.92 Å². The Morgan fingerprint density at radius 1 is 1.21 bits per heavy atom. The molecule has 158 valence electrons. The molecule has 0 bridgehead atoms. The number of likely N-dealkylation sites (tertiary alicyclic amines) is 1. The number of hydrogen-bond donors (Lipinski definition) is 0. The summed E-state index contributed by atoms with van der Waals surface area (Å²) in [6.45, 7) is 5.50. The van der Waals surface area contributed by atoms with Gasteiger partial charge in [-0.3, -0.25) is 9.69 Å². The van der Waals surface area contributed by atoms with Crippen LogP contribution in [0, 0.1) is 5.92 Å². The number of carbonyl (C=O) groups is 1. The van der Waals surface area contributed by atoms with Gasteiger partial charge < -0.3 is 14.5 Å². The van der Waals surface area contributed by atoms with E-state index in [1.807, 2.05) is 29.6 Å². The van der Waals surface area contributed by atoms with Crippen molar-refractivity contribution in [1.29, 1.82) is 0 Å². The maximum atomic E-state index is 13.0. The van der Waals surface area contributed by atoms with Gasteiger partial charge in [0, 0.05) is 38.3 Å². The van der Waals surface area contributed by atoms with Crippen LogP contribution in [0.1, 0.15) is 28.1 Å². The van der Waals surface area contributed by atoms with Gasteiger partial charge in [-0.1, -0.05) is 24.3 Å². The Balaban J connectivity index is 1.63. The Labute approximate surface area is 178 Å². The molecule has 2 heterocycles. The molecule has 0 radical (unpaired) electrons. The first kappa shape index (κ1) is 21.8. The molecule has 2 aromatic rings. The van der Waals surface area contributed by atoms with Gasteiger partial charge in [0.05, 0.1) is 12.0 Å². The first-order valence-electron chi connectivity index (χ1n) is 10.4. The summed E-state index contributed by atoms with van der Waals surface area (Å²) in [7, 11) is 5.85. The topological polar surface area (TPSA) is 36.0 Å². The lowest BCUT2D eigenvalue weighted by Crippen LogP contribution is -2.44. The van der Waals surface area contributed by atoms with Crippen molar-refractivity contribution in [3.63, 3.8) is 0 Å². The van der Waals surface area contributed by atoms with Crippen LogP contribution in [-0.4, -0.2) is 74.5 Å². The number of thiophene rings is 1. The first-order valence-corrected chi connectivity index (χ1v) is 11.3. The van der Waals surface area contributed by atoms with Gasteiger partial charge >= 0.3 is 0 Å². The molecule has 1 aliphatic rings. The van der Waals surface area contributed by atoms with E-state index >= 15 is 0 Å². The SMILES string of the molecule is COc1ccccc1CN1CCCC(CN(CCN(C)C)C(=O)c2cccs2)C1. The fourth-order valence-corrected chi connectivity index (χ4v) is 4.67. The Bertz CT molecular complexity index is 763. The summed E-state index contributed by atoms with van der Waals surface area (Å²) in [5.74, 6) is 1.63. The van der Waals surface area contributed by atoms with E-state index < -0.39 is 0 Å². The molecule has 1 unspecified atom stereocenters. The van der Waals surface area contributed by atoms with Crippen LogP contribution < -0.4 is 4.74 Å². The highest BCUT2D eigenvalue weighted by Crippen LogP contribution is 2.24. The van der Waals surface area contributed by atoms with Crippen molar-refractivity contribution in [1.82, 2.24) is 14.7 Å². The second-order valence-corrected chi connectivity index (χ2v) is 9.03. The number of benzene rings is 1. The van der Waals surface area contributed by atoms with Crippen molar-refractivity contribution < 1.29 is 9.53 Å². The first-order chi connectivity index (χ1) is 14.1. The van der Waals surface area contributed by atoms with E-state index in [0.29, 0.717) is 5.92 Å². The highest BCUT2D eigenvalue weighted by atomic mass is 32.1. The van der Waals surface area contributed by atoms with E-state index in [2.05, 4.69) is 40.9 Å². The predicted octanol–water partition coefficient (Wildman–Crippen LogP) is 3.67. The number of rotatable bonds is 9. The minimum Gasteiger partial charge on any atom is -0.496 e. The molecule has 3 rings (SSSR count). The Hall–Kier alpha value is -1.89. The van der Waals surface area contributed by atoms with Crippen molar-refractivity contribution in [3.8, 4) is 5.75 Å². The number of nitrogens with zero attached hydrogens (tertiary/aromatic N) is 3. The molecule has 1 saturated heterocycles. The van der Waals surface area contributed by atoms with E-state index in [0.717, 1.165) is 49.9 Å². The number of likely N-dealkylation sites (N-methyl/N-ethyl adjacent to an activating group) is 1. The number of methoxy groups -OCH3 is 1. The van der Waals surface area contributed by atoms with Gasteiger partial charge in [-0.05, 0) is 56.9 Å². The average Bonchev–Trinajstić information content (AvgIpc) is 3.26. The standard InChI is InChI=1S/C23H33N3O2S/c1-24(2)13-14-26(23(27)22-11-7-15-29-22)17-19-8-6-12-25(16-19)18-20-9-4-5-10-21(20)28-3/h4-5,7,9-11,15,19H,6,8,12-14,16-18H2,1-3H3. The summed E-state index contributed by atoms with van der Waals surface area (Å²) >= 11 is 1.53. The quantitative estimate of drug-likeness (QED) is 0.626. The maximum Gasteiger partial charge on any atom is 0.263 e. The smallest absolute Gasteiger partial charge is 0.263 e. The summed E-state index contributed by atoms with van der Waals surface area (Å²) < 4.78 is 5.52. The van der Waals surface area contributed by atoms with Gasteiger partial charge in [0.2, 0.25) is 0 Å². The van der Waals surface area contributed by atoms with Crippen LogP contribution in [0.25, 0.3) is 0 Å². The molecule has 5 nitrogen and oxygen atoms in total. The normalized spacial score (nSPS) is 17.4. The van der Waals surface area contributed by atoms with Crippen LogP contribution in [0.5, 0.6) is 5.75 Å². The highest BCUT2D eigenvalue weighted by molar-refractivity contribution is 7.12. The molecule has 1 atom stereocenters. The molecule has 1 aliphatic heterocycles. The average molecular weight is 416 g/mol. The Morgan fingerprint density at radius 2 is 2.03 bits per heavy atom. The summed E-state index contributed by atoms with van der Waals surface area (Å²) in [6.07, 6.45) is 2.35. The summed E-state index contributed by atoms with van der Waals surface area (Å²) in [5, 5.41) is 1.98. The van der Waals surface area contributed by atoms with Crippen LogP contribution in [0.15, 0.2) is 41.8 Å². The third-order valence-electron chi connectivity index (χ3n) is 5.50. The zero-order chi connectivity index (χ0) is 20.6. The third-order valence-corrected chi connectivity index (χ3v) is 6.36. The summed E-state index contributed by atoms with van der Waals surface area (Å²) in [5.41, 5.74) is 1.23. The molecule has 0 saturated carbocycles. The van der Waals surface area contributed by atoms with Gasteiger partial charge in [0.1, 0.15) is 5.75 Å². The third kappa shape index (κ3) is 6.29. The lowest BCUT2D eigenvalue weighted by atomic mass is 9.96. The Morgan fingerprint density at radius 3 is 2.76 bits per heavy atom. The number of amides is 1. The monoisotopic (exact) mass is 415 g/mol. The van der Waals surface area contributed by atoms with Crippen LogP contribution in [0.4, 0.5) is 0 Å². The molecule has 1 aromatic carbocycles. The van der Waals surface area contributed by atoms with E-state index in [1.165, 1.54) is 29.7 Å². The Kier molecular flexibility index (Phi) is 8.09. The molecule has 1 fully saturated rings. The van der Waals surface area contributed by atoms with Gasteiger partial charge in [-0.15, -0.1) is 11.3 Å². The lowest BCUT2D eigenvalue weighted by Gasteiger charge is -2.36. The summed E-state index contributed by atoms with van der Waals surface area (Å²) in [6, 6.07) is 12.1. The van der Waals surface area contributed by atoms with Crippen molar-refractivity contribution in [2.75, 3.05) is 53.9 Å². The van der Waals surface area contributed by atoms with Gasteiger partial charge in [-0.2, -0.15) is 0 Å². The molecular formula is C23H33N3O2S. The largest absolute Gasteiger partial charge is 0.496 e. The zero-order valence-electron chi connectivity index (χ0n) is 17.8. The number of para-hydroxylation sites is 1. The second-order valence-electron chi connectivity index (χ2n) is 8.09. The zero-order valence-corrected chi connectivity index (χ0v) is 18.7. The van der Waals surface area contributed by atoms with Gasteiger partial charge in [0.15, 0.2) is 0 Å². The minimum atomic E-state index is 0.170. The molecule has 0 spiro atoms. The van der Waals surface area contributed by atoms with Gasteiger partial charge in [-0.25, -0.2) is 0 Å². The molecule has 0 N–H and O–H groups in total. The van der Waals surface area contributed by atoms with E-state index in [-0.39, 0.29) is 5.91 Å². The number of ether oxygens (including phenoxy) is 1. The lowest BCUT2D eigenvalue weighted by molar-refractivity contribution is 0.0665. The number of piperidine rings is 1. The van der Waals surface area contributed by atoms with E-state index in [9.17, 15) is 4.79 Å². The van der Waals surface area contributed by atoms with Crippen molar-refractivity contribution in [2.45, 2.75) is 19.4 Å².